The van der Waals surface area contributed by atoms with E-state index in [1.54, 1.807) is 6.20 Å². The fourth-order valence-electron chi connectivity index (χ4n) is 2.65. The first-order valence-corrected chi connectivity index (χ1v) is 6.63. The van der Waals surface area contributed by atoms with Crippen LogP contribution >= 0.6 is 0 Å². The van der Waals surface area contributed by atoms with E-state index in [1.807, 2.05) is 19.1 Å². The summed E-state index contributed by atoms with van der Waals surface area (Å²) in [6, 6.07) is 3.79. The molecule has 2 aromatic heterocycles. The number of hydrogen-bond donors (Lipinski definition) is 1. The van der Waals surface area contributed by atoms with E-state index in [9.17, 15) is 4.79 Å². The summed E-state index contributed by atoms with van der Waals surface area (Å²) in [7, 11) is 0. The van der Waals surface area contributed by atoms with Gasteiger partial charge in [0.25, 0.3) is 0 Å². The summed E-state index contributed by atoms with van der Waals surface area (Å²) in [4.78, 5) is 19.6. The fourth-order valence-corrected chi connectivity index (χ4v) is 2.65. The Labute approximate surface area is 115 Å². The maximum atomic E-state index is 11.0. The van der Waals surface area contributed by atoms with Crippen LogP contribution in [-0.4, -0.2) is 26.2 Å². The molecule has 0 amide bonds. The molecule has 2 heterocycles. The van der Waals surface area contributed by atoms with Gasteiger partial charge in [0.1, 0.15) is 5.69 Å². The summed E-state index contributed by atoms with van der Waals surface area (Å²) in [6.07, 6.45) is 3.70. The van der Waals surface area contributed by atoms with Crippen LogP contribution in [0.3, 0.4) is 0 Å². The Kier molecular flexibility index (Phi) is 3.22. The zero-order chi connectivity index (χ0) is 14.1. The first-order chi connectivity index (χ1) is 9.65. The Balaban J connectivity index is 1.81. The topological polar surface area (TPSA) is 89.1 Å². The average molecular weight is 273 g/mol. The minimum absolute atomic E-state index is 0.0429. The Morgan fingerprint density at radius 1 is 1.45 bits per heavy atom. The molecule has 0 saturated heterocycles. The lowest BCUT2D eigenvalue weighted by molar-refractivity contribution is -0.141. The molecule has 2 aromatic rings. The third-order valence-corrected chi connectivity index (χ3v) is 3.79. The third kappa shape index (κ3) is 2.29. The maximum Gasteiger partial charge on any atom is 0.306 e. The van der Waals surface area contributed by atoms with Gasteiger partial charge < -0.3 is 9.63 Å². The molecule has 0 aromatic carbocycles. The Bertz CT molecular complexity index is 638. The van der Waals surface area contributed by atoms with E-state index in [0.29, 0.717) is 30.3 Å². The van der Waals surface area contributed by atoms with Crippen LogP contribution < -0.4 is 0 Å². The summed E-state index contributed by atoms with van der Waals surface area (Å²) in [5, 5.41) is 13.0. The molecule has 3 rings (SSSR count). The van der Waals surface area contributed by atoms with Gasteiger partial charge in [0, 0.05) is 12.1 Å². The average Bonchev–Trinajstić information content (AvgIpc) is 3.08. The molecule has 0 radical (unpaired) electrons. The number of carboxylic acids is 1. The monoisotopic (exact) mass is 273 g/mol. The maximum absolute atomic E-state index is 11.0. The summed E-state index contributed by atoms with van der Waals surface area (Å²) >= 11 is 0. The molecular weight excluding hydrogens is 258 g/mol. The molecule has 1 aliphatic rings. The standard InChI is InChI=1S/C14H15N3O3/c1-8-3-2-6-15-11(8)12-16-13(20-17-12)9-4-5-10(7-9)14(18)19/h2-3,6,9-10H,4-5,7H2,1H3,(H,18,19). The summed E-state index contributed by atoms with van der Waals surface area (Å²) < 4.78 is 5.29. The van der Waals surface area contributed by atoms with Crippen molar-refractivity contribution in [3.8, 4) is 11.5 Å². The highest BCUT2D eigenvalue weighted by molar-refractivity contribution is 5.70. The van der Waals surface area contributed by atoms with Crippen molar-refractivity contribution in [3.05, 3.63) is 29.8 Å². The molecule has 1 saturated carbocycles. The van der Waals surface area contributed by atoms with E-state index in [1.165, 1.54) is 0 Å². The van der Waals surface area contributed by atoms with Crippen LogP contribution in [0.5, 0.6) is 0 Å². The smallest absolute Gasteiger partial charge is 0.306 e. The Morgan fingerprint density at radius 3 is 3.00 bits per heavy atom. The van der Waals surface area contributed by atoms with E-state index in [2.05, 4.69) is 15.1 Å². The first kappa shape index (κ1) is 12.8. The minimum atomic E-state index is -0.743. The van der Waals surface area contributed by atoms with Crippen LogP contribution in [0.4, 0.5) is 0 Å². The number of carboxylic acid groups (broad SMARTS) is 1. The highest BCUT2D eigenvalue weighted by atomic mass is 16.5. The second-order valence-corrected chi connectivity index (χ2v) is 5.17. The minimum Gasteiger partial charge on any atom is -0.481 e. The highest BCUT2D eigenvalue weighted by Crippen LogP contribution is 2.38. The molecule has 2 unspecified atom stereocenters. The SMILES string of the molecule is Cc1cccnc1-c1noc(C2CCC(C(=O)O)C2)n1. The molecule has 104 valence electrons. The molecule has 0 spiro atoms. The summed E-state index contributed by atoms with van der Waals surface area (Å²) in [5.74, 6) is -0.00760. The number of pyridine rings is 1. The molecule has 1 aliphatic carbocycles. The molecular formula is C14H15N3O3. The summed E-state index contributed by atoms with van der Waals surface area (Å²) in [6.45, 7) is 1.94. The molecule has 0 bridgehead atoms. The largest absolute Gasteiger partial charge is 0.481 e. The van der Waals surface area contributed by atoms with Gasteiger partial charge in [0.15, 0.2) is 0 Å². The van der Waals surface area contributed by atoms with Crippen molar-refractivity contribution in [2.24, 2.45) is 5.92 Å². The summed E-state index contributed by atoms with van der Waals surface area (Å²) in [5.41, 5.74) is 1.69. The predicted molar refractivity (Wildman–Crippen MR) is 70.0 cm³/mol. The number of nitrogens with zero attached hydrogens (tertiary/aromatic N) is 3. The highest BCUT2D eigenvalue weighted by Gasteiger charge is 2.34. The van der Waals surface area contributed by atoms with Gasteiger partial charge in [-0.25, -0.2) is 0 Å². The van der Waals surface area contributed by atoms with E-state index in [4.69, 9.17) is 9.63 Å². The van der Waals surface area contributed by atoms with E-state index < -0.39 is 5.97 Å². The van der Waals surface area contributed by atoms with Crippen molar-refractivity contribution in [1.29, 1.82) is 0 Å². The van der Waals surface area contributed by atoms with Crippen molar-refractivity contribution in [2.45, 2.75) is 32.1 Å². The van der Waals surface area contributed by atoms with Crippen molar-refractivity contribution in [2.75, 3.05) is 0 Å². The normalized spacial score (nSPS) is 22.1. The van der Waals surface area contributed by atoms with Crippen LogP contribution in [0.15, 0.2) is 22.9 Å². The number of hydrogen-bond acceptors (Lipinski definition) is 5. The second-order valence-electron chi connectivity index (χ2n) is 5.17. The first-order valence-electron chi connectivity index (χ1n) is 6.63. The van der Waals surface area contributed by atoms with Crippen LogP contribution in [0, 0.1) is 12.8 Å². The van der Waals surface area contributed by atoms with Gasteiger partial charge in [-0.15, -0.1) is 0 Å². The number of aromatic nitrogens is 3. The van der Waals surface area contributed by atoms with E-state index >= 15 is 0 Å². The molecule has 6 nitrogen and oxygen atoms in total. The van der Waals surface area contributed by atoms with Crippen molar-refractivity contribution >= 4 is 5.97 Å². The van der Waals surface area contributed by atoms with Gasteiger partial charge in [-0.2, -0.15) is 4.98 Å². The molecule has 20 heavy (non-hydrogen) atoms. The number of aryl methyl sites for hydroxylation is 1. The molecule has 0 aliphatic heterocycles. The zero-order valence-electron chi connectivity index (χ0n) is 11.1. The predicted octanol–water partition coefficient (Wildman–Crippen LogP) is 2.41. The Morgan fingerprint density at radius 2 is 2.30 bits per heavy atom. The molecule has 1 fully saturated rings. The fraction of sp³-hybridized carbons (Fsp3) is 0.429. The van der Waals surface area contributed by atoms with Crippen molar-refractivity contribution in [1.82, 2.24) is 15.1 Å². The number of rotatable bonds is 3. The molecule has 6 heteroatoms. The van der Waals surface area contributed by atoms with Crippen LogP contribution in [0.1, 0.15) is 36.6 Å². The van der Waals surface area contributed by atoms with Gasteiger partial charge in [-0.1, -0.05) is 11.2 Å². The molecule has 1 N–H and O–H groups in total. The van der Waals surface area contributed by atoms with Gasteiger partial charge in [-0.3, -0.25) is 9.78 Å². The van der Waals surface area contributed by atoms with Gasteiger partial charge >= 0.3 is 5.97 Å². The van der Waals surface area contributed by atoms with Crippen LogP contribution in [0.2, 0.25) is 0 Å². The lowest BCUT2D eigenvalue weighted by atomic mass is 10.1. The molecule has 2 atom stereocenters. The van der Waals surface area contributed by atoms with E-state index in [-0.39, 0.29) is 11.8 Å². The van der Waals surface area contributed by atoms with Crippen molar-refractivity contribution in [3.63, 3.8) is 0 Å². The lowest BCUT2D eigenvalue weighted by Crippen LogP contribution is -2.09. The van der Waals surface area contributed by atoms with Crippen LogP contribution in [0.25, 0.3) is 11.5 Å². The Hall–Kier alpha value is -2.24. The van der Waals surface area contributed by atoms with E-state index in [0.717, 1.165) is 12.0 Å². The number of aliphatic carboxylic acids is 1. The van der Waals surface area contributed by atoms with Gasteiger partial charge in [0.2, 0.25) is 11.7 Å². The third-order valence-electron chi connectivity index (χ3n) is 3.79. The number of carbonyl (C=O) groups is 1. The zero-order valence-corrected chi connectivity index (χ0v) is 11.1. The lowest BCUT2D eigenvalue weighted by Gasteiger charge is -2.02. The van der Waals surface area contributed by atoms with Crippen LogP contribution in [-0.2, 0) is 4.79 Å². The second kappa shape index (κ2) is 5.03. The van der Waals surface area contributed by atoms with Crippen molar-refractivity contribution < 1.29 is 14.4 Å². The van der Waals surface area contributed by atoms with Gasteiger partial charge in [-0.05, 0) is 37.8 Å². The quantitative estimate of drug-likeness (QED) is 0.923. The van der Waals surface area contributed by atoms with Gasteiger partial charge in [0.05, 0.1) is 5.92 Å².